The Hall–Kier alpha value is -0.470. The van der Waals surface area contributed by atoms with Crippen LogP contribution in [0.1, 0.15) is 44.1 Å². The van der Waals surface area contributed by atoms with Gasteiger partial charge in [-0.15, -0.1) is 11.8 Å². The summed E-state index contributed by atoms with van der Waals surface area (Å²) in [6, 6.07) is 8.90. The molecule has 1 aromatic carbocycles. The second kappa shape index (κ2) is 4.66. The van der Waals surface area contributed by atoms with Crippen LogP contribution in [0.25, 0.3) is 0 Å². The van der Waals surface area contributed by atoms with Crippen LogP contribution in [-0.4, -0.2) is 17.8 Å². The van der Waals surface area contributed by atoms with Crippen LogP contribution in [0.3, 0.4) is 0 Å². The van der Waals surface area contributed by atoms with Crippen molar-refractivity contribution in [3.05, 3.63) is 29.8 Å². The first-order valence-electron chi connectivity index (χ1n) is 6.80. The van der Waals surface area contributed by atoms with Gasteiger partial charge in [-0.25, -0.2) is 0 Å². The van der Waals surface area contributed by atoms with E-state index in [1.807, 2.05) is 11.8 Å². The van der Waals surface area contributed by atoms with Crippen molar-refractivity contribution >= 4 is 11.8 Å². The second-order valence-corrected chi connectivity index (χ2v) is 6.48. The van der Waals surface area contributed by atoms with Crippen LogP contribution in [0.15, 0.2) is 29.2 Å². The highest BCUT2D eigenvalue weighted by molar-refractivity contribution is 7.99. The quantitative estimate of drug-likeness (QED) is 0.868. The van der Waals surface area contributed by atoms with Gasteiger partial charge in [0.25, 0.3) is 0 Å². The van der Waals surface area contributed by atoms with E-state index in [1.165, 1.54) is 36.3 Å². The Morgan fingerprint density at radius 3 is 2.88 bits per heavy atom. The van der Waals surface area contributed by atoms with E-state index in [4.69, 9.17) is 0 Å². The third-order valence-corrected chi connectivity index (χ3v) is 5.76. The van der Waals surface area contributed by atoms with Gasteiger partial charge < -0.3 is 5.32 Å². The van der Waals surface area contributed by atoms with Gasteiger partial charge in [0.1, 0.15) is 0 Å². The fourth-order valence-electron chi connectivity index (χ4n) is 3.00. The number of rotatable bonds is 4. The minimum atomic E-state index is 0.488. The molecule has 0 saturated heterocycles. The molecule has 1 fully saturated rings. The molecule has 3 rings (SSSR count). The van der Waals surface area contributed by atoms with E-state index in [2.05, 4.69) is 36.5 Å². The molecule has 17 heavy (non-hydrogen) atoms. The lowest BCUT2D eigenvalue weighted by atomic mass is 9.74. The molecule has 0 amide bonds. The average Bonchev–Trinajstić information content (AvgIpc) is 2.72. The molecule has 1 nitrogen and oxygen atoms in total. The van der Waals surface area contributed by atoms with Gasteiger partial charge in [0.2, 0.25) is 0 Å². The number of fused-ring (bicyclic) bond motifs is 1. The fraction of sp³-hybridized carbons (Fsp3) is 0.600. The van der Waals surface area contributed by atoms with Crippen molar-refractivity contribution in [2.45, 2.75) is 49.0 Å². The molecule has 2 heteroatoms. The van der Waals surface area contributed by atoms with Crippen molar-refractivity contribution in [1.82, 2.24) is 5.32 Å². The van der Waals surface area contributed by atoms with Gasteiger partial charge in [-0.1, -0.05) is 25.1 Å². The van der Waals surface area contributed by atoms with E-state index in [0.29, 0.717) is 5.54 Å². The van der Waals surface area contributed by atoms with Gasteiger partial charge in [-0.3, -0.25) is 0 Å². The van der Waals surface area contributed by atoms with Gasteiger partial charge >= 0.3 is 0 Å². The van der Waals surface area contributed by atoms with Gasteiger partial charge in [0.15, 0.2) is 0 Å². The first-order valence-corrected chi connectivity index (χ1v) is 7.78. The Bertz CT molecular complexity index is 392. The molecule has 0 bridgehead atoms. The normalized spacial score (nSPS) is 25.4. The van der Waals surface area contributed by atoms with Crippen molar-refractivity contribution in [2.24, 2.45) is 0 Å². The monoisotopic (exact) mass is 247 g/mol. The summed E-state index contributed by atoms with van der Waals surface area (Å²) in [5.41, 5.74) is 2.05. The number of hydrogen-bond donors (Lipinski definition) is 1. The van der Waals surface area contributed by atoms with Gasteiger partial charge in [0.05, 0.1) is 0 Å². The third-order valence-electron chi connectivity index (χ3n) is 4.51. The number of thioether (sulfide) groups is 1. The van der Waals surface area contributed by atoms with Crippen molar-refractivity contribution in [2.75, 3.05) is 12.3 Å². The lowest BCUT2D eigenvalue weighted by Gasteiger charge is -2.43. The predicted octanol–water partition coefficient (Wildman–Crippen LogP) is 3.80. The number of benzene rings is 1. The summed E-state index contributed by atoms with van der Waals surface area (Å²) >= 11 is 2.02. The van der Waals surface area contributed by atoms with Gasteiger partial charge in [-0.2, -0.15) is 0 Å². The van der Waals surface area contributed by atoms with Gasteiger partial charge in [0, 0.05) is 28.6 Å². The van der Waals surface area contributed by atoms with Crippen molar-refractivity contribution < 1.29 is 0 Å². The summed E-state index contributed by atoms with van der Waals surface area (Å²) in [4.78, 5) is 1.50. The molecule has 1 atom stereocenters. The Balaban J connectivity index is 1.64. The van der Waals surface area contributed by atoms with Crippen molar-refractivity contribution in [3.63, 3.8) is 0 Å². The largest absolute Gasteiger partial charge is 0.311 e. The third kappa shape index (κ3) is 2.13. The molecule has 1 heterocycles. The smallest absolute Gasteiger partial charge is 0.0179 e. The van der Waals surface area contributed by atoms with Gasteiger partial charge in [-0.05, 0) is 37.3 Å². The molecule has 1 aliphatic carbocycles. The van der Waals surface area contributed by atoms with E-state index in [1.54, 1.807) is 5.56 Å². The van der Waals surface area contributed by atoms with Crippen LogP contribution >= 0.6 is 11.8 Å². The fourth-order valence-corrected chi connectivity index (χ4v) is 4.25. The minimum absolute atomic E-state index is 0.488. The highest BCUT2D eigenvalue weighted by atomic mass is 32.2. The summed E-state index contributed by atoms with van der Waals surface area (Å²) in [5, 5.41) is 3.85. The van der Waals surface area contributed by atoms with Crippen molar-refractivity contribution in [3.8, 4) is 0 Å². The molecule has 1 aromatic rings. The Labute approximate surface area is 108 Å². The first-order chi connectivity index (χ1) is 8.33. The summed E-state index contributed by atoms with van der Waals surface area (Å²) in [6.45, 7) is 3.49. The summed E-state index contributed by atoms with van der Waals surface area (Å²) < 4.78 is 0. The maximum absolute atomic E-state index is 3.85. The molecule has 1 aliphatic heterocycles. The minimum Gasteiger partial charge on any atom is -0.311 e. The second-order valence-electron chi connectivity index (χ2n) is 5.41. The summed E-state index contributed by atoms with van der Waals surface area (Å²) in [5.74, 6) is 1.98. The molecular weight excluding hydrogens is 226 g/mol. The maximum Gasteiger partial charge on any atom is 0.0179 e. The summed E-state index contributed by atoms with van der Waals surface area (Å²) in [7, 11) is 0. The lowest BCUT2D eigenvalue weighted by Crippen LogP contribution is -2.51. The lowest BCUT2D eigenvalue weighted by molar-refractivity contribution is 0.176. The maximum atomic E-state index is 3.85. The highest BCUT2D eigenvalue weighted by Crippen LogP contribution is 2.40. The molecule has 0 spiro atoms. The average molecular weight is 247 g/mol. The molecule has 1 saturated carbocycles. The molecule has 0 radical (unpaired) electrons. The van der Waals surface area contributed by atoms with Crippen LogP contribution in [0.2, 0.25) is 0 Å². The zero-order valence-corrected chi connectivity index (χ0v) is 11.4. The highest BCUT2D eigenvalue weighted by Gasteiger charge is 2.35. The number of hydrogen-bond acceptors (Lipinski definition) is 2. The molecule has 0 aromatic heterocycles. The summed E-state index contributed by atoms with van der Waals surface area (Å²) in [6.07, 6.45) is 5.46. The molecule has 2 aliphatic rings. The van der Waals surface area contributed by atoms with Crippen LogP contribution in [0.5, 0.6) is 0 Å². The van der Waals surface area contributed by atoms with E-state index < -0.39 is 0 Å². The van der Waals surface area contributed by atoms with E-state index >= 15 is 0 Å². The van der Waals surface area contributed by atoms with Crippen molar-refractivity contribution in [1.29, 1.82) is 0 Å². The van der Waals surface area contributed by atoms with E-state index in [9.17, 15) is 0 Å². The Morgan fingerprint density at radius 1 is 1.35 bits per heavy atom. The molecular formula is C15H21NS. The zero-order chi connectivity index (χ0) is 11.7. The van der Waals surface area contributed by atoms with E-state index in [-0.39, 0.29) is 0 Å². The van der Waals surface area contributed by atoms with E-state index in [0.717, 1.165) is 12.5 Å². The predicted molar refractivity (Wildman–Crippen MR) is 74.8 cm³/mol. The topological polar surface area (TPSA) is 12.0 Å². The Morgan fingerprint density at radius 2 is 2.18 bits per heavy atom. The molecule has 92 valence electrons. The Kier molecular flexibility index (Phi) is 3.18. The number of nitrogens with one attached hydrogen (secondary N) is 1. The first kappa shape index (κ1) is 11.6. The molecule has 1 N–H and O–H groups in total. The van der Waals surface area contributed by atoms with Crippen LogP contribution in [-0.2, 0) is 0 Å². The van der Waals surface area contributed by atoms with Crippen LogP contribution < -0.4 is 5.32 Å². The standard InChI is InChI=1S/C15H21NS/c1-2-15(8-5-9-15)16-10-12-11-17-14-7-4-3-6-13(12)14/h3-4,6-7,12,16H,2,5,8-11H2,1H3. The van der Waals surface area contributed by atoms with Crippen LogP contribution in [0.4, 0.5) is 0 Å². The SMILES string of the molecule is CCC1(NCC2CSc3ccccc32)CCC1. The van der Waals surface area contributed by atoms with Crippen LogP contribution in [0, 0.1) is 0 Å². The zero-order valence-electron chi connectivity index (χ0n) is 10.5. The molecule has 1 unspecified atom stereocenters.